The quantitative estimate of drug-likeness (QED) is 0.873. The fourth-order valence-electron chi connectivity index (χ4n) is 4.29. The zero-order valence-corrected chi connectivity index (χ0v) is 16.5. The summed E-state index contributed by atoms with van der Waals surface area (Å²) in [6.07, 6.45) is 9.35. The average Bonchev–Trinajstić information content (AvgIpc) is 3.31. The van der Waals surface area contributed by atoms with Gasteiger partial charge in [-0.2, -0.15) is 5.10 Å². The van der Waals surface area contributed by atoms with Crippen molar-refractivity contribution in [1.29, 1.82) is 0 Å². The molecule has 27 heavy (non-hydrogen) atoms. The van der Waals surface area contributed by atoms with Gasteiger partial charge in [0.25, 0.3) is 0 Å². The fraction of sp³-hybridized carbons (Fsp3) is 0.650. The van der Waals surface area contributed by atoms with Crippen LogP contribution < -0.4 is 10.2 Å². The summed E-state index contributed by atoms with van der Waals surface area (Å²) in [7, 11) is 1.97. The van der Waals surface area contributed by atoms with Crippen LogP contribution in [0.25, 0.3) is 0 Å². The lowest BCUT2D eigenvalue weighted by molar-refractivity contribution is -0.0203. The smallest absolute Gasteiger partial charge is 0.134 e. The molecule has 4 rings (SSSR count). The number of ether oxygens (including phenoxy) is 1. The van der Waals surface area contributed by atoms with Crippen LogP contribution in [-0.2, 0) is 11.8 Å². The van der Waals surface area contributed by atoms with Crippen molar-refractivity contribution in [3.8, 4) is 0 Å². The van der Waals surface area contributed by atoms with Crippen molar-refractivity contribution in [2.24, 2.45) is 13.0 Å². The van der Waals surface area contributed by atoms with Gasteiger partial charge in [0, 0.05) is 44.9 Å². The highest BCUT2D eigenvalue weighted by Crippen LogP contribution is 2.30. The largest absolute Gasteiger partial charge is 0.376 e. The molecule has 2 fully saturated rings. The van der Waals surface area contributed by atoms with Gasteiger partial charge in [0.2, 0.25) is 0 Å². The summed E-state index contributed by atoms with van der Waals surface area (Å²) in [6.45, 7) is 7.29. The average molecular weight is 371 g/mol. The van der Waals surface area contributed by atoms with E-state index in [9.17, 15) is 0 Å². The second kappa shape index (κ2) is 7.84. The molecule has 0 aliphatic carbocycles. The molecule has 0 aromatic carbocycles. The highest BCUT2D eigenvalue weighted by atomic mass is 16.5. The van der Waals surface area contributed by atoms with E-state index in [0.29, 0.717) is 17.9 Å². The van der Waals surface area contributed by atoms with Crippen LogP contribution in [0.4, 0.5) is 11.6 Å². The topological polar surface area (TPSA) is 68.1 Å². The SMILES string of the molecule is CC(C)[C@@H]1OCCC[C@@H]1Nc1cc(N2CC[C@H](c3cnn(C)c3)C2)ncn1. The van der Waals surface area contributed by atoms with Crippen LogP contribution in [0.5, 0.6) is 0 Å². The monoisotopic (exact) mass is 370 g/mol. The third-order valence-electron chi connectivity index (χ3n) is 5.72. The minimum absolute atomic E-state index is 0.235. The summed E-state index contributed by atoms with van der Waals surface area (Å²) in [5, 5.41) is 7.92. The predicted molar refractivity (Wildman–Crippen MR) is 106 cm³/mol. The molecule has 2 aromatic rings. The van der Waals surface area contributed by atoms with Crippen LogP contribution in [0.15, 0.2) is 24.8 Å². The van der Waals surface area contributed by atoms with Crippen molar-refractivity contribution in [1.82, 2.24) is 19.7 Å². The molecule has 2 saturated heterocycles. The lowest BCUT2D eigenvalue weighted by atomic mass is 9.94. The van der Waals surface area contributed by atoms with Crippen molar-refractivity contribution >= 4 is 11.6 Å². The number of rotatable bonds is 5. The molecule has 2 aliphatic heterocycles. The second-order valence-electron chi connectivity index (χ2n) is 8.11. The van der Waals surface area contributed by atoms with E-state index in [-0.39, 0.29) is 6.10 Å². The van der Waals surface area contributed by atoms with Crippen molar-refractivity contribution in [3.63, 3.8) is 0 Å². The first-order valence-electron chi connectivity index (χ1n) is 10.0. The molecule has 0 amide bonds. The predicted octanol–water partition coefficient (Wildman–Crippen LogP) is 2.82. The first kappa shape index (κ1) is 18.2. The van der Waals surface area contributed by atoms with Gasteiger partial charge in [-0.25, -0.2) is 9.97 Å². The maximum Gasteiger partial charge on any atom is 0.134 e. The lowest BCUT2D eigenvalue weighted by Crippen LogP contribution is -2.43. The van der Waals surface area contributed by atoms with E-state index < -0.39 is 0 Å². The number of anilines is 2. The van der Waals surface area contributed by atoms with Gasteiger partial charge in [0.05, 0.1) is 18.3 Å². The summed E-state index contributed by atoms with van der Waals surface area (Å²) < 4.78 is 7.87. The Hall–Kier alpha value is -2.15. The molecular weight excluding hydrogens is 340 g/mol. The fourth-order valence-corrected chi connectivity index (χ4v) is 4.29. The Morgan fingerprint density at radius 1 is 1.26 bits per heavy atom. The Morgan fingerprint density at radius 2 is 2.15 bits per heavy atom. The Balaban J connectivity index is 1.43. The Bertz CT molecular complexity index is 760. The third kappa shape index (κ3) is 4.08. The van der Waals surface area contributed by atoms with E-state index in [1.807, 2.05) is 17.9 Å². The van der Waals surface area contributed by atoms with Crippen LogP contribution in [0.2, 0.25) is 0 Å². The van der Waals surface area contributed by atoms with Crippen LogP contribution in [0, 0.1) is 5.92 Å². The molecule has 0 bridgehead atoms. The lowest BCUT2D eigenvalue weighted by Gasteiger charge is -2.35. The normalized spacial score (nSPS) is 25.9. The molecule has 1 N–H and O–H groups in total. The maximum absolute atomic E-state index is 6.00. The highest BCUT2D eigenvalue weighted by molar-refractivity contribution is 5.50. The minimum Gasteiger partial charge on any atom is -0.376 e. The Morgan fingerprint density at radius 3 is 2.93 bits per heavy atom. The number of nitrogens with zero attached hydrogens (tertiary/aromatic N) is 5. The van der Waals surface area contributed by atoms with E-state index in [1.54, 1.807) is 6.33 Å². The van der Waals surface area contributed by atoms with Crippen molar-refractivity contribution in [3.05, 3.63) is 30.4 Å². The summed E-state index contributed by atoms with van der Waals surface area (Å²) in [5.41, 5.74) is 1.31. The van der Waals surface area contributed by atoms with Gasteiger partial charge < -0.3 is 15.0 Å². The van der Waals surface area contributed by atoms with E-state index >= 15 is 0 Å². The van der Waals surface area contributed by atoms with E-state index in [1.165, 1.54) is 5.56 Å². The van der Waals surface area contributed by atoms with Gasteiger partial charge in [-0.3, -0.25) is 4.68 Å². The van der Waals surface area contributed by atoms with Crippen LogP contribution >= 0.6 is 0 Å². The summed E-state index contributed by atoms with van der Waals surface area (Å²) >= 11 is 0. The molecule has 7 nitrogen and oxygen atoms in total. The summed E-state index contributed by atoms with van der Waals surface area (Å²) in [6, 6.07) is 2.39. The van der Waals surface area contributed by atoms with E-state index in [2.05, 4.69) is 51.4 Å². The minimum atomic E-state index is 0.235. The molecular formula is C20H30N6O. The van der Waals surface area contributed by atoms with Gasteiger partial charge in [0.1, 0.15) is 18.0 Å². The van der Waals surface area contributed by atoms with Gasteiger partial charge in [-0.1, -0.05) is 13.8 Å². The van der Waals surface area contributed by atoms with Gasteiger partial charge in [-0.15, -0.1) is 0 Å². The van der Waals surface area contributed by atoms with E-state index in [0.717, 1.165) is 50.6 Å². The molecule has 3 atom stereocenters. The molecule has 0 unspecified atom stereocenters. The van der Waals surface area contributed by atoms with Crippen molar-refractivity contribution < 1.29 is 4.74 Å². The van der Waals surface area contributed by atoms with Gasteiger partial charge in [0.15, 0.2) is 0 Å². The zero-order valence-electron chi connectivity index (χ0n) is 16.5. The first-order chi connectivity index (χ1) is 13.1. The molecule has 2 aliphatic rings. The number of hydrogen-bond acceptors (Lipinski definition) is 6. The summed E-state index contributed by atoms with van der Waals surface area (Å²) in [5.74, 6) is 2.90. The van der Waals surface area contributed by atoms with Crippen molar-refractivity contribution in [2.45, 2.75) is 51.2 Å². The molecule has 0 saturated carbocycles. The van der Waals surface area contributed by atoms with Crippen molar-refractivity contribution in [2.75, 3.05) is 29.9 Å². The molecule has 0 radical (unpaired) electrons. The van der Waals surface area contributed by atoms with Crippen LogP contribution in [0.1, 0.15) is 44.6 Å². The second-order valence-corrected chi connectivity index (χ2v) is 8.11. The number of nitrogens with one attached hydrogen (secondary N) is 1. The van der Waals surface area contributed by atoms with Crippen LogP contribution in [-0.4, -0.2) is 51.6 Å². The van der Waals surface area contributed by atoms with Gasteiger partial charge in [-0.05, 0) is 30.7 Å². The standard InChI is InChI=1S/C20H30N6O/c1-14(2)20-17(5-4-8-27-20)24-18-9-19(22-13-21-18)26-7-6-15(12-26)16-10-23-25(3)11-16/h9-11,13-15,17,20H,4-8,12H2,1-3H3,(H,21,22,24)/t15-,17-,20-/m0/s1. The molecule has 7 heteroatoms. The Labute approximate surface area is 161 Å². The third-order valence-corrected chi connectivity index (χ3v) is 5.72. The first-order valence-corrected chi connectivity index (χ1v) is 10.0. The summed E-state index contributed by atoms with van der Waals surface area (Å²) in [4.78, 5) is 11.3. The van der Waals surface area contributed by atoms with E-state index in [4.69, 9.17) is 4.74 Å². The number of hydrogen-bond donors (Lipinski definition) is 1. The molecule has 0 spiro atoms. The molecule has 146 valence electrons. The van der Waals surface area contributed by atoms with Crippen LogP contribution in [0.3, 0.4) is 0 Å². The maximum atomic E-state index is 6.00. The number of aromatic nitrogens is 4. The molecule has 2 aromatic heterocycles. The van der Waals surface area contributed by atoms with Gasteiger partial charge >= 0.3 is 0 Å². The molecule has 4 heterocycles. The highest BCUT2D eigenvalue weighted by Gasteiger charge is 2.29. The Kier molecular flexibility index (Phi) is 5.29. The number of aryl methyl sites for hydroxylation is 1. The zero-order chi connectivity index (χ0) is 18.8.